The summed E-state index contributed by atoms with van der Waals surface area (Å²) in [5.41, 5.74) is -1.34. The molecule has 0 radical (unpaired) electrons. The van der Waals surface area contributed by atoms with Crippen LogP contribution >= 0.6 is 0 Å². The lowest BCUT2D eigenvalue weighted by Crippen LogP contribution is -2.43. The third-order valence-electron chi connectivity index (χ3n) is 10.4. The molecule has 51 heavy (non-hydrogen) atoms. The number of nitrogens with zero attached hydrogens (tertiary/aromatic N) is 4. The number of phenols is 1. The second kappa shape index (κ2) is 14.3. The number of aliphatic hydroxyl groups excluding tert-OH is 2. The maximum atomic E-state index is 17.1. The number of rotatable bonds is 12. The first-order valence-electron chi connectivity index (χ1n) is 17.4. The molecule has 2 aromatic heterocycles. The van der Waals surface area contributed by atoms with E-state index in [9.17, 15) is 19.7 Å². The highest BCUT2D eigenvalue weighted by Gasteiger charge is 2.49. The van der Waals surface area contributed by atoms with Crippen LogP contribution in [0, 0.1) is 24.0 Å². The molecule has 0 aliphatic carbocycles. The number of hydrogen-bond acceptors (Lipinski definition) is 11. The van der Waals surface area contributed by atoms with E-state index < -0.39 is 42.7 Å². The first-order valence-corrected chi connectivity index (χ1v) is 17.4. The SMILES string of the molecule is C#Cc1c(F)ccc2cc(O)cc(-c3nc(OCC(O)CO)c4c(NCC5CCC(CC)N5)nc(OC[C@@]56CCCN5C[C@H](F)C6)nc4c3F)c12. The molecule has 7 rings (SSSR count). The average molecular weight is 707 g/mol. The van der Waals surface area contributed by atoms with Gasteiger partial charge in [0.2, 0.25) is 5.88 Å². The number of aromatic hydroxyl groups is 1. The largest absolute Gasteiger partial charge is 0.508 e. The first-order chi connectivity index (χ1) is 24.6. The molecule has 0 spiro atoms. The van der Waals surface area contributed by atoms with Crippen LogP contribution in [0.4, 0.5) is 19.0 Å². The summed E-state index contributed by atoms with van der Waals surface area (Å²) in [6.45, 7) is 2.66. The molecule has 0 bridgehead atoms. The highest BCUT2D eigenvalue weighted by atomic mass is 19.1. The smallest absolute Gasteiger partial charge is 0.319 e. The third kappa shape index (κ3) is 6.71. The van der Waals surface area contributed by atoms with E-state index in [1.165, 1.54) is 18.2 Å². The number of ether oxygens (including phenoxy) is 2. The Bertz CT molecular complexity index is 1990. The molecule has 0 saturated carbocycles. The zero-order valence-corrected chi connectivity index (χ0v) is 28.3. The van der Waals surface area contributed by atoms with Crippen LogP contribution in [0.25, 0.3) is 32.9 Å². The van der Waals surface area contributed by atoms with Crippen molar-refractivity contribution in [2.75, 3.05) is 44.8 Å². The standard InChI is InChI=1S/C37H41F3N6O5/c1-3-22-7-8-23(42-22)15-41-34-30-33(44-36(45-34)51-19-37-10-5-11-46(37)16-21(38)14-37)31(40)32(43-35(30)50-18-25(49)17-47)27-13-24(48)12-20-6-9-28(39)26(4-2)29(20)27/h2,6,9,12-13,21-23,25,42,47-49H,3,5,7-8,10-11,14-19H2,1H3,(H,41,44,45)/t21-,22?,23?,25?,37+/m1/s1. The predicted molar refractivity (Wildman–Crippen MR) is 186 cm³/mol. The number of aliphatic hydroxyl groups is 2. The van der Waals surface area contributed by atoms with Gasteiger partial charge in [0.05, 0.1) is 17.7 Å². The van der Waals surface area contributed by atoms with Gasteiger partial charge in [0.25, 0.3) is 0 Å². The number of phenolic OH excluding ortho intramolecular Hbond substituents is 1. The number of nitrogens with one attached hydrogen (secondary N) is 2. The number of anilines is 1. The molecule has 14 heteroatoms. The second-order valence-corrected chi connectivity index (χ2v) is 13.8. The topological polar surface area (TPSA) is 145 Å². The van der Waals surface area contributed by atoms with E-state index in [-0.39, 0.29) is 69.2 Å². The highest BCUT2D eigenvalue weighted by molar-refractivity contribution is 6.04. The second-order valence-electron chi connectivity index (χ2n) is 13.8. The maximum absolute atomic E-state index is 17.1. The van der Waals surface area contributed by atoms with Gasteiger partial charge in [0, 0.05) is 42.5 Å². The van der Waals surface area contributed by atoms with Crippen molar-refractivity contribution in [3.05, 3.63) is 41.5 Å². The predicted octanol–water partition coefficient (Wildman–Crippen LogP) is 4.44. The zero-order chi connectivity index (χ0) is 35.9. The lowest BCUT2D eigenvalue weighted by molar-refractivity contribution is 0.0527. The summed E-state index contributed by atoms with van der Waals surface area (Å²) in [6.07, 6.45) is 8.26. The minimum atomic E-state index is -1.30. The number of hydrogen-bond donors (Lipinski definition) is 5. The van der Waals surface area contributed by atoms with E-state index in [4.69, 9.17) is 15.9 Å². The van der Waals surface area contributed by atoms with Crippen molar-refractivity contribution in [2.45, 2.75) is 75.3 Å². The van der Waals surface area contributed by atoms with Crippen LogP contribution in [0.3, 0.4) is 0 Å². The van der Waals surface area contributed by atoms with E-state index in [1.54, 1.807) is 0 Å². The summed E-state index contributed by atoms with van der Waals surface area (Å²) < 4.78 is 58.8. The van der Waals surface area contributed by atoms with Gasteiger partial charge in [-0.05, 0) is 62.2 Å². The van der Waals surface area contributed by atoms with Gasteiger partial charge in [-0.1, -0.05) is 18.9 Å². The monoisotopic (exact) mass is 706 g/mol. The number of halogens is 3. The number of alkyl halides is 1. The van der Waals surface area contributed by atoms with E-state index in [0.717, 1.165) is 44.7 Å². The van der Waals surface area contributed by atoms with Gasteiger partial charge < -0.3 is 35.4 Å². The van der Waals surface area contributed by atoms with Gasteiger partial charge in [-0.25, -0.2) is 18.2 Å². The van der Waals surface area contributed by atoms with Crippen molar-refractivity contribution in [1.29, 1.82) is 0 Å². The fourth-order valence-corrected chi connectivity index (χ4v) is 7.83. The van der Waals surface area contributed by atoms with Crippen molar-refractivity contribution >= 4 is 27.5 Å². The van der Waals surface area contributed by atoms with Gasteiger partial charge in [-0.2, -0.15) is 9.97 Å². The van der Waals surface area contributed by atoms with Crippen LogP contribution in [0.2, 0.25) is 0 Å². The Morgan fingerprint density at radius 2 is 1.98 bits per heavy atom. The van der Waals surface area contributed by atoms with Crippen LogP contribution in [0.5, 0.6) is 17.6 Å². The van der Waals surface area contributed by atoms with Crippen molar-refractivity contribution < 1.29 is 38.0 Å². The molecule has 3 aliphatic heterocycles. The molecule has 3 aliphatic rings. The lowest BCUT2D eigenvalue weighted by Gasteiger charge is -2.30. The molecule has 2 aromatic carbocycles. The molecule has 0 amide bonds. The zero-order valence-electron chi connectivity index (χ0n) is 28.3. The van der Waals surface area contributed by atoms with Gasteiger partial charge >= 0.3 is 6.01 Å². The highest BCUT2D eigenvalue weighted by Crippen LogP contribution is 2.43. The number of fused-ring (bicyclic) bond motifs is 3. The van der Waals surface area contributed by atoms with Crippen molar-refractivity contribution in [1.82, 2.24) is 25.2 Å². The van der Waals surface area contributed by atoms with Gasteiger partial charge in [-0.3, -0.25) is 4.90 Å². The van der Waals surface area contributed by atoms with Gasteiger partial charge in [-0.15, -0.1) is 6.42 Å². The lowest BCUT2D eigenvalue weighted by atomic mass is 9.95. The molecular formula is C37H41F3N6O5. The van der Waals surface area contributed by atoms with Crippen LogP contribution in [-0.2, 0) is 0 Å². The maximum Gasteiger partial charge on any atom is 0.319 e. The Morgan fingerprint density at radius 1 is 1.16 bits per heavy atom. The number of aromatic nitrogens is 3. The van der Waals surface area contributed by atoms with E-state index >= 15 is 8.78 Å². The molecule has 3 unspecified atom stereocenters. The summed E-state index contributed by atoms with van der Waals surface area (Å²) in [5.74, 6) is 0.354. The molecule has 4 aromatic rings. The first kappa shape index (κ1) is 35.0. The van der Waals surface area contributed by atoms with Gasteiger partial charge in [0.1, 0.15) is 59.5 Å². The summed E-state index contributed by atoms with van der Waals surface area (Å²) in [4.78, 5) is 15.7. The fraction of sp³-hybridized carbons (Fsp3) is 0.486. The minimum Gasteiger partial charge on any atom is -0.508 e. The van der Waals surface area contributed by atoms with Crippen molar-refractivity contribution in [3.8, 4) is 41.2 Å². The molecule has 5 atom stereocenters. The Balaban J connectivity index is 1.40. The van der Waals surface area contributed by atoms with Gasteiger partial charge in [0.15, 0.2) is 5.82 Å². The molecule has 5 N–H and O–H groups in total. The quantitative estimate of drug-likeness (QED) is 0.133. The number of benzene rings is 2. The summed E-state index contributed by atoms with van der Waals surface area (Å²) >= 11 is 0. The third-order valence-corrected chi connectivity index (χ3v) is 10.4. The van der Waals surface area contributed by atoms with Crippen molar-refractivity contribution in [3.63, 3.8) is 0 Å². The Kier molecular flexibility index (Phi) is 9.82. The number of pyridine rings is 1. The van der Waals surface area contributed by atoms with E-state index in [1.807, 2.05) is 0 Å². The average Bonchev–Trinajstić information content (AvgIpc) is 3.83. The fourth-order valence-electron chi connectivity index (χ4n) is 7.83. The van der Waals surface area contributed by atoms with Crippen LogP contribution in [0.15, 0.2) is 24.3 Å². The summed E-state index contributed by atoms with van der Waals surface area (Å²) in [7, 11) is 0. The summed E-state index contributed by atoms with van der Waals surface area (Å²) in [5, 5.41) is 37.8. The Labute approximate surface area is 293 Å². The molecule has 3 fully saturated rings. The Hall–Kier alpha value is -4.42. The molecule has 270 valence electrons. The molecule has 3 saturated heterocycles. The van der Waals surface area contributed by atoms with Crippen LogP contribution < -0.4 is 20.1 Å². The normalized spacial score (nSPS) is 23.8. The molecular weight excluding hydrogens is 665 g/mol. The van der Waals surface area contributed by atoms with E-state index in [2.05, 4.69) is 43.3 Å². The van der Waals surface area contributed by atoms with E-state index in [0.29, 0.717) is 30.9 Å². The van der Waals surface area contributed by atoms with Crippen LogP contribution in [0.1, 0.15) is 51.0 Å². The Morgan fingerprint density at radius 3 is 2.75 bits per heavy atom. The minimum absolute atomic E-state index is 0.0267. The van der Waals surface area contributed by atoms with Crippen LogP contribution in [-0.4, -0.2) is 105 Å². The van der Waals surface area contributed by atoms with Crippen molar-refractivity contribution in [2.24, 2.45) is 0 Å². The number of terminal acetylenes is 1. The summed E-state index contributed by atoms with van der Waals surface area (Å²) in [6, 6.07) is 5.47. The molecule has 5 heterocycles. The molecule has 11 nitrogen and oxygen atoms in total.